The van der Waals surface area contributed by atoms with Crippen LogP contribution in [0.3, 0.4) is 0 Å². The molecular formula is C36H31BrN14O6. The van der Waals surface area contributed by atoms with Crippen molar-refractivity contribution in [2.45, 2.75) is 32.5 Å². The third-order valence-electron chi connectivity index (χ3n) is 8.30. The smallest absolute Gasteiger partial charge is 0.390 e. The standard InChI is InChI=1S/C18H15N7O3.C9H8BrN.C9H8N6O3/c1-23-10-20-16-15(23)17(26)24(11-21-16)9-14-22-25(18(27)28-14)7-6-12-2-4-13(8-19)5-3-12;10-6-5-8-1-3-9(7-11)4-2-8;1-14-3-10-7-6(14)8(16)15(4-11-7)2-5-12-13-9(17)18-5/h2-5,10-11H,6-7,9H2,1H3;1-4H,5-6H2;3-4H,2H2,1H3,(H,13,17). The zero-order valence-corrected chi connectivity index (χ0v) is 31.9. The van der Waals surface area contributed by atoms with Crippen LogP contribution in [0.5, 0.6) is 0 Å². The third kappa shape index (κ3) is 9.41. The second-order valence-corrected chi connectivity index (χ2v) is 13.0. The van der Waals surface area contributed by atoms with Crippen molar-refractivity contribution in [3.05, 3.63) is 150 Å². The fraction of sp³-hybridized carbons (Fsp3) is 0.222. The average Bonchev–Trinajstić information content (AvgIpc) is 4.01. The molecule has 0 radical (unpaired) electrons. The van der Waals surface area contributed by atoms with Gasteiger partial charge in [0.15, 0.2) is 22.3 Å². The molecule has 0 fully saturated rings. The molecule has 0 unspecified atom stereocenters. The molecule has 0 aliphatic carbocycles. The van der Waals surface area contributed by atoms with Gasteiger partial charge >= 0.3 is 11.5 Å². The van der Waals surface area contributed by atoms with E-state index in [1.54, 1.807) is 35.4 Å². The SMILES string of the molecule is Cn1cnc2ncn(Cc3n[nH]c(=O)o3)c(=O)c21.Cn1cnc2ncn(Cc3nn(CCc4ccc(C#N)cc4)c(=O)o3)c(=O)c21.N#Cc1ccc(CCBr)cc1. The lowest BCUT2D eigenvalue weighted by atomic mass is 10.1. The molecule has 0 amide bonds. The van der Waals surface area contributed by atoms with Crippen molar-refractivity contribution in [3.63, 3.8) is 0 Å². The summed E-state index contributed by atoms with van der Waals surface area (Å²) in [4.78, 5) is 63.7. The summed E-state index contributed by atoms with van der Waals surface area (Å²) in [6, 6.07) is 18.9. The number of imidazole rings is 2. The van der Waals surface area contributed by atoms with Crippen molar-refractivity contribution in [2.75, 3.05) is 5.33 Å². The fourth-order valence-corrected chi connectivity index (χ4v) is 5.84. The van der Waals surface area contributed by atoms with Gasteiger partial charge in [-0.15, -0.1) is 10.2 Å². The van der Waals surface area contributed by atoms with Gasteiger partial charge in [0.2, 0.25) is 11.8 Å². The number of benzene rings is 2. The Labute approximate surface area is 328 Å². The monoisotopic (exact) mass is 834 g/mol. The van der Waals surface area contributed by atoms with Crippen LogP contribution in [0.4, 0.5) is 0 Å². The first kappa shape index (κ1) is 39.2. The Bertz CT molecular complexity index is 2970. The molecule has 0 atom stereocenters. The van der Waals surface area contributed by atoms with E-state index in [1.165, 1.54) is 44.7 Å². The Morgan fingerprint density at radius 1 is 0.684 bits per heavy atom. The molecule has 57 heavy (non-hydrogen) atoms. The molecule has 6 heterocycles. The van der Waals surface area contributed by atoms with E-state index < -0.39 is 11.5 Å². The van der Waals surface area contributed by atoms with Crippen molar-refractivity contribution in [2.24, 2.45) is 14.1 Å². The number of nitriles is 2. The highest BCUT2D eigenvalue weighted by molar-refractivity contribution is 9.09. The minimum absolute atomic E-state index is 0.00788. The Morgan fingerprint density at radius 3 is 1.65 bits per heavy atom. The van der Waals surface area contributed by atoms with Gasteiger partial charge < -0.3 is 18.0 Å². The molecule has 0 spiro atoms. The highest BCUT2D eigenvalue weighted by Gasteiger charge is 2.14. The Hall–Kier alpha value is -7.52. The molecule has 8 aromatic rings. The molecule has 0 saturated carbocycles. The number of H-pyrrole nitrogens is 1. The Balaban J connectivity index is 0.000000161. The maximum atomic E-state index is 12.6. The molecule has 0 aliphatic rings. The van der Waals surface area contributed by atoms with E-state index >= 15 is 0 Å². The maximum Gasteiger partial charge on any atom is 0.437 e. The second-order valence-electron chi connectivity index (χ2n) is 12.2. The number of hydrogen-bond donors (Lipinski definition) is 1. The number of aryl methyl sites for hydroxylation is 5. The summed E-state index contributed by atoms with van der Waals surface area (Å²) in [7, 11) is 3.41. The van der Waals surface area contributed by atoms with E-state index in [2.05, 4.69) is 63.3 Å². The van der Waals surface area contributed by atoms with Gasteiger partial charge in [-0.1, -0.05) is 40.2 Å². The summed E-state index contributed by atoms with van der Waals surface area (Å²) in [5.74, 6) is -1.01. The first-order valence-corrected chi connectivity index (χ1v) is 18.1. The minimum atomic E-state index is -0.660. The van der Waals surface area contributed by atoms with Crippen molar-refractivity contribution in [3.8, 4) is 12.1 Å². The Kier molecular flexibility index (Phi) is 12.2. The van der Waals surface area contributed by atoms with E-state index in [9.17, 15) is 19.2 Å². The van der Waals surface area contributed by atoms with Crippen LogP contribution in [0.25, 0.3) is 22.3 Å². The zero-order chi connectivity index (χ0) is 40.5. The number of fused-ring (bicyclic) bond motifs is 2. The van der Waals surface area contributed by atoms with Crippen LogP contribution in [0, 0.1) is 22.7 Å². The summed E-state index contributed by atoms with van der Waals surface area (Å²) in [5, 5.41) is 28.2. The van der Waals surface area contributed by atoms with Crippen molar-refractivity contribution in [1.29, 1.82) is 10.5 Å². The molecule has 20 nitrogen and oxygen atoms in total. The predicted molar refractivity (Wildman–Crippen MR) is 205 cm³/mol. The summed E-state index contributed by atoms with van der Waals surface area (Å²) < 4.78 is 16.9. The third-order valence-corrected chi connectivity index (χ3v) is 8.70. The largest absolute Gasteiger partial charge is 0.437 e. The van der Waals surface area contributed by atoms with Crippen molar-refractivity contribution in [1.82, 2.24) is 58.2 Å². The van der Waals surface area contributed by atoms with Crippen LogP contribution in [0.1, 0.15) is 34.0 Å². The number of nitrogens with one attached hydrogen (secondary N) is 1. The van der Waals surface area contributed by atoms with Crippen LogP contribution in [0.15, 0.2) is 102 Å². The number of alkyl halides is 1. The van der Waals surface area contributed by atoms with E-state index in [-0.39, 0.29) is 36.0 Å². The van der Waals surface area contributed by atoms with Gasteiger partial charge in [-0.3, -0.25) is 18.7 Å². The summed E-state index contributed by atoms with van der Waals surface area (Å²) in [5.41, 5.74) is 4.46. The average molecular weight is 836 g/mol. The highest BCUT2D eigenvalue weighted by atomic mass is 79.9. The number of aromatic nitrogens is 12. The molecule has 0 aliphatic heterocycles. The summed E-state index contributed by atoms with van der Waals surface area (Å²) >= 11 is 3.36. The van der Waals surface area contributed by atoms with E-state index in [0.717, 1.165) is 22.9 Å². The van der Waals surface area contributed by atoms with Gasteiger partial charge in [0.05, 0.1) is 42.5 Å². The molecule has 1 N–H and O–H groups in total. The molecule has 2 aromatic carbocycles. The van der Waals surface area contributed by atoms with Crippen LogP contribution in [-0.2, 0) is 46.6 Å². The molecule has 0 bridgehead atoms. The lowest BCUT2D eigenvalue weighted by Crippen LogP contribution is -2.22. The van der Waals surface area contributed by atoms with Crippen molar-refractivity contribution < 1.29 is 8.83 Å². The number of nitrogens with zero attached hydrogens (tertiary/aromatic N) is 13. The van der Waals surface area contributed by atoms with Gasteiger partial charge in [-0.2, -0.15) is 15.2 Å². The molecule has 21 heteroatoms. The van der Waals surface area contributed by atoms with Gasteiger partial charge in [-0.05, 0) is 48.2 Å². The minimum Gasteiger partial charge on any atom is -0.390 e. The quantitative estimate of drug-likeness (QED) is 0.203. The van der Waals surface area contributed by atoms with E-state index in [1.807, 2.05) is 36.4 Å². The van der Waals surface area contributed by atoms with Crippen LogP contribution < -0.4 is 22.6 Å². The maximum absolute atomic E-state index is 12.6. The zero-order valence-electron chi connectivity index (χ0n) is 30.3. The molecular weight excluding hydrogens is 804 g/mol. The lowest BCUT2D eigenvalue weighted by Gasteiger charge is -2.02. The predicted octanol–water partition coefficient (Wildman–Crippen LogP) is 1.79. The Morgan fingerprint density at radius 2 is 1.18 bits per heavy atom. The first-order valence-electron chi connectivity index (χ1n) is 16.9. The number of rotatable bonds is 9. The summed E-state index contributed by atoms with van der Waals surface area (Å²) in [6.45, 7) is 0.347. The summed E-state index contributed by atoms with van der Waals surface area (Å²) in [6.07, 6.45) is 7.30. The van der Waals surface area contributed by atoms with E-state index in [4.69, 9.17) is 19.4 Å². The second kappa shape index (κ2) is 17.7. The highest BCUT2D eigenvalue weighted by Crippen LogP contribution is 2.08. The molecule has 6 aromatic heterocycles. The fourth-order valence-electron chi connectivity index (χ4n) is 5.38. The molecule has 8 rings (SSSR count). The normalized spacial score (nSPS) is 10.7. The lowest BCUT2D eigenvalue weighted by molar-refractivity contribution is 0.434. The molecule has 288 valence electrons. The van der Waals surface area contributed by atoms with Crippen LogP contribution in [0.2, 0.25) is 0 Å². The number of halogens is 1. The molecule has 0 saturated heterocycles. The van der Waals surface area contributed by atoms with Crippen LogP contribution in [-0.4, -0.2) is 63.5 Å². The van der Waals surface area contributed by atoms with E-state index in [0.29, 0.717) is 40.9 Å². The topological polar surface area (TPSA) is 260 Å². The number of aromatic amines is 1. The van der Waals surface area contributed by atoms with Crippen molar-refractivity contribution >= 4 is 38.3 Å². The van der Waals surface area contributed by atoms with Crippen LogP contribution >= 0.6 is 15.9 Å². The van der Waals surface area contributed by atoms with Gasteiger partial charge in [0, 0.05) is 19.4 Å². The first-order chi connectivity index (χ1) is 27.6. The van der Waals surface area contributed by atoms with Gasteiger partial charge in [0.25, 0.3) is 11.1 Å². The number of hydrogen-bond acceptors (Lipinski definition) is 14. The van der Waals surface area contributed by atoms with Gasteiger partial charge in [0.1, 0.15) is 25.7 Å². The van der Waals surface area contributed by atoms with Gasteiger partial charge in [-0.25, -0.2) is 34.6 Å².